The van der Waals surface area contributed by atoms with Crippen LogP contribution in [-0.4, -0.2) is 19.6 Å². The molecule has 1 amide bonds. The molecule has 0 saturated heterocycles. The maximum absolute atomic E-state index is 11.5. The number of likely N-dealkylation sites (N-methyl/N-ethyl adjacent to an activating group) is 1. The molecule has 0 saturated carbocycles. The van der Waals surface area contributed by atoms with E-state index in [2.05, 4.69) is 6.58 Å². The van der Waals surface area contributed by atoms with Crippen LogP contribution in [0.1, 0.15) is 0 Å². The van der Waals surface area contributed by atoms with Gasteiger partial charge in [0.15, 0.2) is 6.61 Å². The number of benzene rings is 1. The third-order valence-corrected chi connectivity index (χ3v) is 1.84. The Kier molecular flexibility index (Phi) is 3.73. The lowest BCUT2D eigenvalue weighted by Gasteiger charge is -2.16. The van der Waals surface area contributed by atoms with Crippen molar-refractivity contribution < 1.29 is 9.53 Å². The van der Waals surface area contributed by atoms with Crippen molar-refractivity contribution in [3.05, 3.63) is 43.2 Å². The molecule has 0 aliphatic carbocycles. The summed E-state index contributed by atoms with van der Waals surface area (Å²) in [6.45, 7) is 3.39. The quantitative estimate of drug-likeness (QED) is 0.679. The lowest BCUT2D eigenvalue weighted by atomic mass is 10.3. The lowest BCUT2D eigenvalue weighted by Crippen LogP contribution is -2.29. The highest BCUT2D eigenvalue weighted by molar-refractivity contribution is 5.93. The lowest BCUT2D eigenvalue weighted by molar-refractivity contribution is -0.121. The summed E-state index contributed by atoms with van der Waals surface area (Å²) >= 11 is 0. The number of nitrogens with zero attached hydrogens (tertiary/aromatic N) is 1. The van der Waals surface area contributed by atoms with Gasteiger partial charge in [0.2, 0.25) is 0 Å². The second kappa shape index (κ2) is 5.07. The van der Waals surface area contributed by atoms with Crippen molar-refractivity contribution in [3.63, 3.8) is 0 Å². The molecule has 14 heavy (non-hydrogen) atoms. The summed E-state index contributed by atoms with van der Waals surface area (Å²) in [5.74, 6) is -0.101. The Labute approximate surface area is 83.6 Å². The molecule has 0 aliphatic rings. The third kappa shape index (κ3) is 2.62. The Balaban J connectivity index is 2.61. The van der Waals surface area contributed by atoms with Crippen LogP contribution in [-0.2, 0) is 9.53 Å². The fraction of sp³-hybridized carbons (Fsp3) is 0.182. The molecule has 0 aromatic heterocycles. The molecule has 0 bridgehead atoms. The normalized spacial score (nSPS) is 9.21. The van der Waals surface area contributed by atoms with Crippen molar-refractivity contribution in [1.82, 2.24) is 0 Å². The van der Waals surface area contributed by atoms with Gasteiger partial charge in [0, 0.05) is 12.7 Å². The number of hydrogen-bond acceptors (Lipinski definition) is 2. The Hall–Kier alpha value is -1.77. The molecule has 3 heteroatoms. The van der Waals surface area contributed by atoms with E-state index in [1.54, 1.807) is 11.9 Å². The van der Waals surface area contributed by atoms with Gasteiger partial charge < -0.3 is 9.64 Å². The molecule has 1 aromatic rings. The van der Waals surface area contributed by atoms with E-state index in [9.17, 15) is 4.79 Å². The molecule has 3 nitrogen and oxygen atoms in total. The summed E-state index contributed by atoms with van der Waals surface area (Å²) in [4.78, 5) is 13.0. The summed E-state index contributed by atoms with van der Waals surface area (Å²) in [6.07, 6.45) is 1.26. The number of amides is 1. The average molecular weight is 191 g/mol. The monoisotopic (exact) mass is 191 g/mol. The Morgan fingerprint density at radius 3 is 2.71 bits per heavy atom. The smallest absolute Gasteiger partial charge is 0.264 e. The van der Waals surface area contributed by atoms with Crippen LogP contribution >= 0.6 is 0 Å². The molecule has 1 rings (SSSR count). The zero-order valence-electron chi connectivity index (χ0n) is 8.14. The minimum atomic E-state index is -0.101. The van der Waals surface area contributed by atoms with Gasteiger partial charge >= 0.3 is 0 Å². The average Bonchev–Trinajstić information content (AvgIpc) is 2.26. The van der Waals surface area contributed by atoms with Crippen molar-refractivity contribution >= 4 is 11.6 Å². The standard InChI is InChI=1S/C11H13NO2/c1-3-14-9-11(13)12(2)10-7-5-4-6-8-10/h3-8H,1,9H2,2H3. The predicted molar refractivity (Wildman–Crippen MR) is 56.0 cm³/mol. The van der Waals surface area contributed by atoms with E-state index in [-0.39, 0.29) is 12.5 Å². The van der Waals surface area contributed by atoms with Gasteiger partial charge in [-0.25, -0.2) is 0 Å². The number of ether oxygens (including phenoxy) is 1. The van der Waals surface area contributed by atoms with Crippen LogP contribution in [0.15, 0.2) is 43.2 Å². The largest absolute Gasteiger partial charge is 0.492 e. The van der Waals surface area contributed by atoms with Gasteiger partial charge in [-0.15, -0.1) is 0 Å². The van der Waals surface area contributed by atoms with Gasteiger partial charge in [0.25, 0.3) is 5.91 Å². The first-order valence-electron chi connectivity index (χ1n) is 4.30. The van der Waals surface area contributed by atoms with Crippen LogP contribution in [0.25, 0.3) is 0 Å². The van der Waals surface area contributed by atoms with Crippen LogP contribution in [0.3, 0.4) is 0 Å². The number of carbonyl (C=O) groups excluding carboxylic acids is 1. The molecular formula is C11H13NO2. The van der Waals surface area contributed by atoms with Gasteiger partial charge in [0.05, 0.1) is 6.26 Å². The van der Waals surface area contributed by atoms with E-state index in [1.807, 2.05) is 30.3 Å². The minimum absolute atomic E-state index is 0.0227. The summed E-state index contributed by atoms with van der Waals surface area (Å²) in [5, 5.41) is 0. The van der Waals surface area contributed by atoms with Crippen LogP contribution in [0.5, 0.6) is 0 Å². The fourth-order valence-electron chi connectivity index (χ4n) is 1.02. The van der Waals surface area contributed by atoms with Crippen molar-refractivity contribution in [1.29, 1.82) is 0 Å². The zero-order valence-corrected chi connectivity index (χ0v) is 8.14. The number of hydrogen-bond donors (Lipinski definition) is 0. The Morgan fingerprint density at radius 2 is 2.14 bits per heavy atom. The van der Waals surface area contributed by atoms with E-state index >= 15 is 0 Å². The van der Waals surface area contributed by atoms with E-state index in [4.69, 9.17) is 4.74 Å². The molecule has 0 fully saturated rings. The van der Waals surface area contributed by atoms with E-state index in [0.29, 0.717) is 0 Å². The van der Waals surface area contributed by atoms with Gasteiger partial charge in [-0.05, 0) is 12.1 Å². The number of para-hydroxylation sites is 1. The predicted octanol–water partition coefficient (Wildman–Crippen LogP) is 1.81. The molecule has 0 N–H and O–H groups in total. The number of anilines is 1. The van der Waals surface area contributed by atoms with Crippen LogP contribution in [0.2, 0.25) is 0 Å². The van der Waals surface area contributed by atoms with E-state index in [1.165, 1.54) is 6.26 Å². The van der Waals surface area contributed by atoms with Gasteiger partial charge in [-0.1, -0.05) is 24.8 Å². The Bertz CT molecular complexity index is 308. The summed E-state index contributed by atoms with van der Waals surface area (Å²) in [5.41, 5.74) is 0.852. The molecule has 1 aromatic carbocycles. The highest BCUT2D eigenvalue weighted by Crippen LogP contribution is 2.10. The topological polar surface area (TPSA) is 29.5 Å². The van der Waals surface area contributed by atoms with Crippen LogP contribution < -0.4 is 4.90 Å². The molecule has 0 atom stereocenters. The SMILES string of the molecule is C=COCC(=O)N(C)c1ccccc1. The number of carbonyl (C=O) groups is 1. The minimum Gasteiger partial charge on any atom is -0.492 e. The number of rotatable bonds is 4. The second-order valence-corrected chi connectivity index (χ2v) is 2.77. The first kappa shape index (κ1) is 10.3. The molecule has 0 aliphatic heterocycles. The van der Waals surface area contributed by atoms with Gasteiger partial charge in [0.1, 0.15) is 0 Å². The zero-order chi connectivity index (χ0) is 10.4. The fourth-order valence-corrected chi connectivity index (χ4v) is 1.02. The molecule has 0 unspecified atom stereocenters. The first-order chi connectivity index (χ1) is 6.75. The highest BCUT2D eigenvalue weighted by Gasteiger charge is 2.09. The summed E-state index contributed by atoms with van der Waals surface area (Å²) in [7, 11) is 1.71. The van der Waals surface area contributed by atoms with E-state index < -0.39 is 0 Å². The van der Waals surface area contributed by atoms with E-state index in [0.717, 1.165) is 5.69 Å². The van der Waals surface area contributed by atoms with Gasteiger partial charge in [-0.3, -0.25) is 4.79 Å². The molecule has 74 valence electrons. The van der Waals surface area contributed by atoms with Crippen LogP contribution in [0, 0.1) is 0 Å². The van der Waals surface area contributed by atoms with Crippen LogP contribution in [0.4, 0.5) is 5.69 Å². The summed E-state index contributed by atoms with van der Waals surface area (Å²) < 4.78 is 4.81. The first-order valence-corrected chi connectivity index (χ1v) is 4.30. The molecule has 0 radical (unpaired) electrons. The maximum Gasteiger partial charge on any atom is 0.264 e. The van der Waals surface area contributed by atoms with Crippen molar-refractivity contribution in [2.45, 2.75) is 0 Å². The molecular weight excluding hydrogens is 178 g/mol. The molecule has 0 spiro atoms. The Morgan fingerprint density at radius 1 is 1.50 bits per heavy atom. The van der Waals surface area contributed by atoms with Crippen molar-refractivity contribution in [2.24, 2.45) is 0 Å². The van der Waals surface area contributed by atoms with Crippen molar-refractivity contribution in [2.75, 3.05) is 18.6 Å². The van der Waals surface area contributed by atoms with Gasteiger partial charge in [-0.2, -0.15) is 0 Å². The summed E-state index contributed by atoms with van der Waals surface area (Å²) in [6, 6.07) is 9.40. The second-order valence-electron chi connectivity index (χ2n) is 2.77. The molecule has 0 heterocycles. The maximum atomic E-state index is 11.5. The highest BCUT2D eigenvalue weighted by atomic mass is 16.5. The van der Waals surface area contributed by atoms with Crippen molar-refractivity contribution in [3.8, 4) is 0 Å². The third-order valence-electron chi connectivity index (χ3n) is 1.84.